The fourth-order valence-corrected chi connectivity index (χ4v) is 4.17. The summed E-state index contributed by atoms with van der Waals surface area (Å²) in [5, 5.41) is 18.9. The lowest BCUT2D eigenvalue weighted by atomic mass is 10.1. The van der Waals surface area contributed by atoms with Crippen LogP contribution in [0.3, 0.4) is 0 Å². The number of amides is 1. The van der Waals surface area contributed by atoms with Gasteiger partial charge in [-0.15, -0.1) is 5.10 Å². The Morgan fingerprint density at radius 2 is 1.85 bits per heavy atom. The fraction of sp³-hybridized carbons (Fsp3) is 0.0400. The molecule has 0 aliphatic carbocycles. The van der Waals surface area contributed by atoms with Gasteiger partial charge >= 0.3 is 0 Å². The minimum absolute atomic E-state index is 0.00804. The Kier molecular flexibility index (Phi) is 5.65. The summed E-state index contributed by atoms with van der Waals surface area (Å²) in [7, 11) is 0. The van der Waals surface area contributed by atoms with Crippen LogP contribution in [0.15, 0.2) is 86.3 Å². The lowest BCUT2D eigenvalue weighted by Gasteiger charge is -2.17. The third-order valence-corrected chi connectivity index (χ3v) is 5.97. The monoisotopic (exact) mass is 491 g/mol. The Morgan fingerprint density at radius 1 is 1.03 bits per heavy atom. The Hall–Kier alpha value is -3.94. The molecule has 4 aromatic rings. The first-order chi connectivity index (χ1) is 16.4. The van der Waals surface area contributed by atoms with Gasteiger partial charge in [0.1, 0.15) is 17.6 Å². The normalized spacial score (nSPS) is 14.5. The number of anilines is 1. The van der Waals surface area contributed by atoms with E-state index < -0.39 is 0 Å². The van der Waals surface area contributed by atoms with Crippen LogP contribution >= 0.6 is 23.2 Å². The van der Waals surface area contributed by atoms with Gasteiger partial charge in [0, 0.05) is 21.7 Å². The molecule has 1 N–H and O–H groups in total. The van der Waals surface area contributed by atoms with Crippen molar-refractivity contribution in [3.63, 3.8) is 0 Å². The van der Waals surface area contributed by atoms with E-state index in [9.17, 15) is 14.7 Å². The van der Waals surface area contributed by atoms with Gasteiger partial charge in [0.2, 0.25) is 5.43 Å². The molecule has 3 aromatic carbocycles. The maximum Gasteiger partial charge on any atom is 0.279 e. The maximum absolute atomic E-state index is 13.2. The zero-order valence-corrected chi connectivity index (χ0v) is 18.9. The second kappa shape index (κ2) is 8.78. The second-order valence-corrected chi connectivity index (χ2v) is 8.38. The summed E-state index contributed by atoms with van der Waals surface area (Å²) >= 11 is 12.3. The lowest BCUT2D eigenvalue weighted by Crippen LogP contribution is -2.29. The molecule has 0 bridgehead atoms. The molecule has 1 aliphatic rings. The van der Waals surface area contributed by atoms with E-state index in [1.807, 2.05) is 12.1 Å². The van der Waals surface area contributed by atoms with E-state index in [1.54, 1.807) is 35.2 Å². The summed E-state index contributed by atoms with van der Waals surface area (Å²) in [6, 6.07) is 16.6. The lowest BCUT2D eigenvalue weighted by molar-refractivity contribution is -0.112. The van der Waals surface area contributed by atoms with Crippen LogP contribution in [0.1, 0.15) is 16.7 Å². The molecule has 0 atom stereocenters. The highest BCUT2D eigenvalue weighted by atomic mass is 35.5. The average molecular weight is 492 g/mol. The first-order valence-electron chi connectivity index (χ1n) is 10.1. The molecule has 9 heteroatoms. The van der Waals surface area contributed by atoms with Crippen LogP contribution in [0.4, 0.5) is 5.69 Å². The van der Waals surface area contributed by atoms with Crippen molar-refractivity contribution in [1.29, 1.82) is 0 Å². The highest BCUT2D eigenvalue weighted by Crippen LogP contribution is 2.32. The molecular formula is C25H15Cl2N3O4. The number of benzene rings is 3. The maximum atomic E-state index is 13.2. The summed E-state index contributed by atoms with van der Waals surface area (Å²) in [5.74, 6) is -0.350. The van der Waals surface area contributed by atoms with E-state index in [0.29, 0.717) is 26.7 Å². The Balaban J connectivity index is 1.47. The third-order valence-electron chi connectivity index (χ3n) is 5.38. The number of halogens is 2. The van der Waals surface area contributed by atoms with Gasteiger partial charge in [-0.2, -0.15) is 5.10 Å². The summed E-state index contributed by atoms with van der Waals surface area (Å²) in [4.78, 5) is 27.4. The van der Waals surface area contributed by atoms with Gasteiger partial charge < -0.3 is 14.4 Å². The first kappa shape index (κ1) is 21.9. The standard InChI is InChI=1S/C25H15Cl2N3O4/c26-16-6-5-14(20(27)9-16)12-30-21-4-2-1-3-18(21)23(25(30)33)29-28-11-15-13-34-22-10-17(31)7-8-19(22)24(15)32/h1-11,13,31H,12H2/b28-11+,29-23-. The topological polar surface area (TPSA) is 95.5 Å². The molecule has 0 fully saturated rings. The number of phenolic OH excluding ortho intramolecular Hbond substituents is 1. The number of aromatic hydroxyl groups is 1. The van der Waals surface area contributed by atoms with Crippen LogP contribution in [-0.2, 0) is 11.3 Å². The summed E-state index contributed by atoms with van der Waals surface area (Å²) in [6.45, 7) is 0.232. The Morgan fingerprint density at radius 3 is 2.68 bits per heavy atom. The van der Waals surface area contributed by atoms with Crippen LogP contribution in [0.25, 0.3) is 11.0 Å². The van der Waals surface area contributed by atoms with Crippen molar-refractivity contribution in [2.45, 2.75) is 6.54 Å². The zero-order chi connectivity index (χ0) is 23.8. The predicted octanol–water partition coefficient (Wildman–Crippen LogP) is 5.18. The van der Waals surface area contributed by atoms with Crippen LogP contribution < -0.4 is 10.3 Å². The van der Waals surface area contributed by atoms with Crippen LogP contribution in [-0.4, -0.2) is 22.9 Å². The molecule has 0 unspecified atom stereocenters. The number of para-hydroxylation sites is 1. The van der Waals surface area contributed by atoms with E-state index in [0.717, 1.165) is 5.56 Å². The molecule has 0 saturated heterocycles. The van der Waals surface area contributed by atoms with Crippen molar-refractivity contribution in [2.24, 2.45) is 10.2 Å². The van der Waals surface area contributed by atoms with Crippen molar-refractivity contribution in [2.75, 3.05) is 4.90 Å². The zero-order valence-electron chi connectivity index (χ0n) is 17.4. The highest BCUT2D eigenvalue weighted by Gasteiger charge is 2.34. The van der Waals surface area contributed by atoms with E-state index >= 15 is 0 Å². The molecule has 5 rings (SSSR count). The van der Waals surface area contributed by atoms with Gasteiger partial charge in [-0.05, 0) is 35.9 Å². The number of rotatable bonds is 4. The summed E-state index contributed by atoms with van der Waals surface area (Å²) < 4.78 is 5.41. The van der Waals surface area contributed by atoms with Gasteiger partial charge in [0.25, 0.3) is 5.91 Å². The molecule has 0 spiro atoms. The molecular weight excluding hydrogens is 477 g/mol. The van der Waals surface area contributed by atoms with Crippen LogP contribution in [0, 0.1) is 0 Å². The van der Waals surface area contributed by atoms with Crippen molar-refractivity contribution in [3.8, 4) is 5.75 Å². The third kappa shape index (κ3) is 3.96. The number of phenols is 1. The molecule has 168 valence electrons. The van der Waals surface area contributed by atoms with Gasteiger partial charge in [-0.25, -0.2) is 0 Å². The Bertz CT molecular complexity index is 1580. The van der Waals surface area contributed by atoms with E-state index in [4.69, 9.17) is 27.6 Å². The molecule has 1 aliphatic heterocycles. The first-order valence-corrected chi connectivity index (χ1v) is 10.9. The molecule has 1 aromatic heterocycles. The summed E-state index contributed by atoms with van der Waals surface area (Å²) in [5.41, 5.74) is 2.26. The largest absolute Gasteiger partial charge is 0.508 e. The Labute approximate surface area is 203 Å². The van der Waals surface area contributed by atoms with Crippen molar-refractivity contribution < 1.29 is 14.3 Å². The predicted molar refractivity (Wildman–Crippen MR) is 132 cm³/mol. The smallest absolute Gasteiger partial charge is 0.279 e. The molecule has 0 radical (unpaired) electrons. The second-order valence-electron chi connectivity index (χ2n) is 7.54. The van der Waals surface area contributed by atoms with Crippen molar-refractivity contribution in [3.05, 3.63) is 104 Å². The molecule has 0 saturated carbocycles. The molecule has 2 heterocycles. The number of carbonyl (C=O) groups excluding carboxylic acids is 1. The number of carbonyl (C=O) groups is 1. The minimum atomic E-state index is -0.342. The average Bonchev–Trinajstić information content (AvgIpc) is 3.08. The summed E-state index contributed by atoms with van der Waals surface area (Å²) in [6.07, 6.45) is 2.47. The van der Waals surface area contributed by atoms with E-state index in [-0.39, 0.29) is 40.5 Å². The molecule has 1 amide bonds. The quantitative estimate of drug-likeness (QED) is 0.314. The van der Waals surface area contributed by atoms with E-state index in [2.05, 4.69) is 10.2 Å². The number of hydrogen-bond donors (Lipinski definition) is 1. The van der Waals surface area contributed by atoms with Crippen LogP contribution in [0.2, 0.25) is 10.0 Å². The number of nitrogens with zero attached hydrogens (tertiary/aromatic N) is 3. The van der Waals surface area contributed by atoms with Crippen molar-refractivity contribution >= 4 is 57.7 Å². The fourth-order valence-electron chi connectivity index (χ4n) is 3.71. The van der Waals surface area contributed by atoms with Crippen molar-refractivity contribution in [1.82, 2.24) is 0 Å². The number of fused-ring (bicyclic) bond motifs is 2. The van der Waals surface area contributed by atoms with Gasteiger partial charge in [-0.3, -0.25) is 9.59 Å². The number of hydrogen-bond acceptors (Lipinski definition) is 6. The van der Waals surface area contributed by atoms with Gasteiger partial charge in [0.15, 0.2) is 5.71 Å². The highest BCUT2D eigenvalue weighted by molar-refractivity contribution is 6.54. The molecule has 7 nitrogen and oxygen atoms in total. The van der Waals surface area contributed by atoms with Gasteiger partial charge in [-0.1, -0.05) is 47.5 Å². The minimum Gasteiger partial charge on any atom is -0.508 e. The van der Waals surface area contributed by atoms with Crippen LogP contribution in [0.5, 0.6) is 5.75 Å². The van der Waals surface area contributed by atoms with Gasteiger partial charge in [0.05, 0.1) is 29.4 Å². The SMILES string of the molecule is O=C1/C(=N\N=C\c2coc3cc(O)ccc3c2=O)c2ccccc2N1Cc1ccc(Cl)cc1Cl. The van der Waals surface area contributed by atoms with E-state index in [1.165, 1.54) is 30.7 Å². The molecule has 34 heavy (non-hydrogen) atoms.